The summed E-state index contributed by atoms with van der Waals surface area (Å²) in [5, 5.41) is 43.5. The lowest BCUT2D eigenvalue weighted by atomic mass is 10.00. The van der Waals surface area contributed by atoms with E-state index in [-0.39, 0.29) is 0 Å². The lowest BCUT2D eigenvalue weighted by Crippen LogP contribution is -2.53. The smallest absolute Gasteiger partial charge is 0.249 e. The summed E-state index contributed by atoms with van der Waals surface area (Å²) < 4.78 is 0. The second-order valence-electron chi connectivity index (χ2n) is 15.0. The number of nitrogens with one attached hydrogen (secondary N) is 1. The topological polar surface area (TPSA) is 110 Å². The number of hydrogen-bond acceptors (Lipinski definition) is 5. The molecule has 0 spiro atoms. The lowest BCUT2D eigenvalue weighted by molar-refractivity contribution is -0.132. The predicted octanol–water partition coefficient (Wildman–Crippen LogP) is 11.3. The minimum atomic E-state index is -1.29. The first-order chi connectivity index (χ1) is 25.0. The largest absolute Gasteiger partial charge is 0.394 e. The van der Waals surface area contributed by atoms with Gasteiger partial charge in [0.15, 0.2) is 0 Å². The number of carbonyl (C=O) groups is 1. The van der Waals surface area contributed by atoms with Gasteiger partial charge in [0, 0.05) is 0 Å². The minimum Gasteiger partial charge on any atom is -0.394 e. The Morgan fingerprint density at radius 2 is 0.824 bits per heavy atom. The molecule has 4 unspecified atom stereocenters. The van der Waals surface area contributed by atoms with Gasteiger partial charge >= 0.3 is 0 Å². The number of rotatable bonds is 39. The molecule has 300 valence electrons. The third-order valence-corrected chi connectivity index (χ3v) is 10.1. The molecule has 0 aliphatic rings. The van der Waals surface area contributed by atoms with Crippen molar-refractivity contribution < 1.29 is 25.2 Å². The Balaban J connectivity index is 3.80. The fourth-order valence-corrected chi connectivity index (χ4v) is 6.55. The van der Waals surface area contributed by atoms with Gasteiger partial charge in [0.05, 0.1) is 18.8 Å². The molecule has 6 heteroatoms. The van der Waals surface area contributed by atoms with Crippen molar-refractivity contribution in [2.75, 3.05) is 6.61 Å². The maximum atomic E-state index is 12.4. The number of unbranched alkanes of at least 4 members (excludes halogenated alkanes) is 24. The van der Waals surface area contributed by atoms with Crippen molar-refractivity contribution in [2.45, 2.75) is 237 Å². The molecule has 0 aromatic rings. The molecule has 0 aromatic heterocycles. The van der Waals surface area contributed by atoms with Crippen LogP contribution in [0.1, 0.15) is 213 Å². The molecule has 0 heterocycles. The molecular weight excluding hydrogens is 634 g/mol. The normalized spacial score (nSPS) is 14.5. The zero-order valence-electron chi connectivity index (χ0n) is 33.6. The first kappa shape index (κ1) is 49.5. The molecule has 0 aromatic carbocycles. The van der Waals surface area contributed by atoms with Crippen molar-refractivity contribution >= 4 is 5.91 Å². The number of amides is 1. The fraction of sp³-hybridized carbons (Fsp3) is 0.844. The molecule has 5 N–H and O–H groups in total. The predicted molar refractivity (Wildman–Crippen MR) is 219 cm³/mol. The molecular formula is C45H85NO5. The van der Waals surface area contributed by atoms with Gasteiger partial charge < -0.3 is 25.7 Å². The summed E-state index contributed by atoms with van der Waals surface area (Å²) >= 11 is 0. The van der Waals surface area contributed by atoms with Crippen LogP contribution in [0.4, 0.5) is 0 Å². The van der Waals surface area contributed by atoms with Gasteiger partial charge in [0.2, 0.25) is 5.91 Å². The zero-order chi connectivity index (χ0) is 37.5. The maximum absolute atomic E-state index is 12.4. The minimum absolute atomic E-state index is 0.360. The van der Waals surface area contributed by atoms with Gasteiger partial charge in [-0.2, -0.15) is 0 Å². The summed E-state index contributed by atoms with van der Waals surface area (Å²) in [4.78, 5) is 12.4. The van der Waals surface area contributed by atoms with Crippen LogP contribution in [-0.2, 0) is 4.79 Å². The standard InChI is InChI=1S/C45H85NO5/c1-3-5-7-9-11-13-15-16-17-18-19-20-21-22-23-24-25-26-27-29-30-32-34-36-38-42(48)44(50)41(40-47)46-45(51)43(49)39-37-35-33-31-28-14-12-10-8-6-4-2/h21-22,25-26,30,32,41-44,47-50H,3-20,23-24,27-29,31,33-40H2,1-2H3,(H,46,51)/b22-21+,26-25+,32-30+. The Hall–Kier alpha value is -1.47. The van der Waals surface area contributed by atoms with Gasteiger partial charge in [0.25, 0.3) is 0 Å². The van der Waals surface area contributed by atoms with Crippen LogP contribution in [0.25, 0.3) is 0 Å². The Kier molecular flexibility index (Phi) is 38.6. The number of aliphatic hydroxyl groups is 4. The van der Waals surface area contributed by atoms with E-state index in [9.17, 15) is 25.2 Å². The molecule has 0 aliphatic carbocycles. The van der Waals surface area contributed by atoms with E-state index in [2.05, 4.69) is 55.6 Å². The highest BCUT2D eigenvalue weighted by Gasteiger charge is 2.28. The van der Waals surface area contributed by atoms with Crippen molar-refractivity contribution in [3.05, 3.63) is 36.5 Å². The highest BCUT2D eigenvalue weighted by Crippen LogP contribution is 2.15. The van der Waals surface area contributed by atoms with E-state index in [4.69, 9.17) is 0 Å². The van der Waals surface area contributed by atoms with Crippen LogP contribution in [0.2, 0.25) is 0 Å². The van der Waals surface area contributed by atoms with Crippen molar-refractivity contribution in [3.8, 4) is 0 Å². The summed E-state index contributed by atoms with van der Waals surface area (Å²) in [5.74, 6) is -0.601. The van der Waals surface area contributed by atoms with Crippen molar-refractivity contribution in [2.24, 2.45) is 0 Å². The summed E-state index contributed by atoms with van der Waals surface area (Å²) in [6.07, 6.45) is 46.1. The molecule has 0 bridgehead atoms. The SMILES string of the molecule is CCCCCCCCCCCCC/C=C/CC/C=C/CC/C=C/CCCC(O)C(O)C(CO)NC(=O)C(O)CCCCCCCCCCCCC. The fourth-order valence-electron chi connectivity index (χ4n) is 6.55. The monoisotopic (exact) mass is 720 g/mol. The summed E-state index contributed by atoms with van der Waals surface area (Å²) in [6, 6.07) is -1.01. The van der Waals surface area contributed by atoms with Crippen LogP contribution in [0, 0.1) is 0 Å². The third kappa shape index (κ3) is 34.1. The first-order valence-corrected chi connectivity index (χ1v) is 21.9. The summed E-state index contributed by atoms with van der Waals surface area (Å²) in [7, 11) is 0. The zero-order valence-corrected chi connectivity index (χ0v) is 33.6. The van der Waals surface area contributed by atoms with Gasteiger partial charge in [-0.1, -0.05) is 185 Å². The van der Waals surface area contributed by atoms with Gasteiger partial charge in [-0.05, 0) is 64.2 Å². The van der Waals surface area contributed by atoms with Crippen LogP contribution in [0.15, 0.2) is 36.5 Å². The van der Waals surface area contributed by atoms with E-state index in [1.165, 1.54) is 128 Å². The third-order valence-electron chi connectivity index (χ3n) is 10.1. The average molecular weight is 720 g/mol. The van der Waals surface area contributed by atoms with Crippen molar-refractivity contribution in [3.63, 3.8) is 0 Å². The van der Waals surface area contributed by atoms with Gasteiger partial charge in [-0.15, -0.1) is 0 Å². The number of allylic oxidation sites excluding steroid dienone is 6. The highest BCUT2D eigenvalue weighted by atomic mass is 16.3. The van der Waals surface area contributed by atoms with Crippen LogP contribution in [-0.4, -0.2) is 57.3 Å². The van der Waals surface area contributed by atoms with Crippen LogP contribution >= 0.6 is 0 Å². The van der Waals surface area contributed by atoms with E-state index in [1.807, 2.05) is 0 Å². The van der Waals surface area contributed by atoms with Gasteiger partial charge in [-0.25, -0.2) is 0 Å². The van der Waals surface area contributed by atoms with E-state index in [0.717, 1.165) is 51.4 Å². The van der Waals surface area contributed by atoms with E-state index >= 15 is 0 Å². The molecule has 1 amide bonds. The molecule has 51 heavy (non-hydrogen) atoms. The molecule has 4 atom stereocenters. The second-order valence-corrected chi connectivity index (χ2v) is 15.0. The quantitative estimate of drug-likeness (QED) is 0.0321. The average Bonchev–Trinajstić information content (AvgIpc) is 3.13. The number of aliphatic hydroxyl groups excluding tert-OH is 4. The first-order valence-electron chi connectivity index (χ1n) is 21.9. The molecule has 0 aliphatic heterocycles. The summed E-state index contributed by atoms with van der Waals surface area (Å²) in [6.45, 7) is 4.01. The molecule has 0 fully saturated rings. The summed E-state index contributed by atoms with van der Waals surface area (Å²) in [5.41, 5.74) is 0. The van der Waals surface area contributed by atoms with Gasteiger partial charge in [0.1, 0.15) is 12.2 Å². The van der Waals surface area contributed by atoms with Crippen molar-refractivity contribution in [1.29, 1.82) is 0 Å². The number of hydrogen-bond donors (Lipinski definition) is 5. The number of carbonyl (C=O) groups excluding carboxylic acids is 1. The molecule has 6 nitrogen and oxygen atoms in total. The Morgan fingerprint density at radius 3 is 1.24 bits per heavy atom. The van der Waals surface area contributed by atoms with E-state index < -0.39 is 36.9 Å². The molecule has 0 saturated carbocycles. The lowest BCUT2D eigenvalue weighted by Gasteiger charge is -2.27. The highest BCUT2D eigenvalue weighted by molar-refractivity contribution is 5.80. The van der Waals surface area contributed by atoms with Crippen LogP contribution in [0.5, 0.6) is 0 Å². The Labute approximate surface area is 316 Å². The Morgan fingerprint density at radius 1 is 0.471 bits per heavy atom. The second kappa shape index (κ2) is 39.7. The van der Waals surface area contributed by atoms with E-state index in [1.54, 1.807) is 0 Å². The molecule has 0 saturated heterocycles. The van der Waals surface area contributed by atoms with E-state index in [0.29, 0.717) is 19.3 Å². The van der Waals surface area contributed by atoms with Crippen molar-refractivity contribution in [1.82, 2.24) is 5.32 Å². The molecule has 0 radical (unpaired) electrons. The maximum Gasteiger partial charge on any atom is 0.249 e. The Bertz CT molecular complexity index is 812. The van der Waals surface area contributed by atoms with Crippen LogP contribution in [0.3, 0.4) is 0 Å². The van der Waals surface area contributed by atoms with Crippen LogP contribution < -0.4 is 5.32 Å². The van der Waals surface area contributed by atoms with Gasteiger partial charge in [-0.3, -0.25) is 4.79 Å². The molecule has 0 rings (SSSR count).